The van der Waals surface area contributed by atoms with E-state index in [1.807, 2.05) is 40.7 Å². The van der Waals surface area contributed by atoms with E-state index in [-0.39, 0.29) is 17.3 Å². The number of carbonyl (C=O) groups is 2. The van der Waals surface area contributed by atoms with E-state index in [4.69, 9.17) is 23.2 Å². The standard InChI is InChI=1S/C30H35Cl2N3O4S/c1-20-10-14-26(15-11-20)40(38,39)35(25-9-7-8-21(2)16-25)19-28(36)34(22(3)29(37)33-30(4,5)6)18-23-12-13-24(31)17-27(23)32/h7-17,22H,18-19H2,1-6H3,(H,33,37)/t22-/m0/s1. The van der Waals surface area contributed by atoms with Crippen molar-refractivity contribution >= 4 is 50.7 Å². The third-order valence-electron chi connectivity index (χ3n) is 6.20. The summed E-state index contributed by atoms with van der Waals surface area (Å²) >= 11 is 12.5. The second-order valence-corrected chi connectivity index (χ2v) is 13.5. The fourth-order valence-electron chi connectivity index (χ4n) is 4.04. The molecule has 0 saturated carbocycles. The molecule has 0 fully saturated rings. The molecule has 2 amide bonds. The molecule has 0 bridgehead atoms. The maximum absolute atomic E-state index is 14.0. The van der Waals surface area contributed by atoms with Crippen LogP contribution in [-0.4, -0.2) is 43.3 Å². The van der Waals surface area contributed by atoms with Gasteiger partial charge in [-0.05, 0) is 89.1 Å². The molecule has 0 aliphatic rings. The van der Waals surface area contributed by atoms with E-state index in [0.29, 0.717) is 21.3 Å². The van der Waals surface area contributed by atoms with E-state index < -0.39 is 34.1 Å². The lowest BCUT2D eigenvalue weighted by atomic mass is 10.1. The first kappa shape index (κ1) is 31.5. The Morgan fingerprint density at radius 1 is 0.925 bits per heavy atom. The van der Waals surface area contributed by atoms with Crippen molar-refractivity contribution in [3.8, 4) is 0 Å². The number of anilines is 1. The highest BCUT2D eigenvalue weighted by atomic mass is 35.5. The summed E-state index contributed by atoms with van der Waals surface area (Å²) < 4.78 is 28.9. The van der Waals surface area contributed by atoms with Gasteiger partial charge in [-0.1, -0.05) is 59.1 Å². The number of halogens is 2. The SMILES string of the molecule is Cc1ccc(S(=O)(=O)N(CC(=O)N(Cc2ccc(Cl)cc2Cl)[C@@H](C)C(=O)NC(C)(C)C)c2cccc(C)c2)cc1. The van der Waals surface area contributed by atoms with Gasteiger partial charge >= 0.3 is 0 Å². The van der Waals surface area contributed by atoms with E-state index in [9.17, 15) is 18.0 Å². The smallest absolute Gasteiger partial charge is 0.264 e. The summed E-state index contributed by atoms with van der Waals surface area (Å²) in [6.45, 7) is 10.3. The van der Waals surface area contributed by atoms with Crippen LogP contribution in [0.3, 0.4) is 0 Å². The van der Waals surface area contributed by atoms with Crippen molar-refractivity contribution in [3.63, 3.8) is 0 Å². The van der Waals surface area contributed by atoms with Gasteiger partial charge in [-0.3, -0.25) is 13.9 Å². The first-order valence-electron chi connectivity index (χ1n) is 12.8. The van der Waals surface area contributed by atoms with Gasteiger partial charge in [0.1, 0.15) is 12.6 Å². The maximum Gasteiger partial charge on any atom is 0.264 e. The molecule has 0 radical (unpaired) electrons. The van der Waals surface area contributed by atoms with E-state index in [2.05, 4.69) is 5.32 Å². The van der Waals surface area contributed by atoms with Crippen LogP contribution in [-0.2, 0) is 26.2 Å². The second-order valence-electron chi connectivity index (χ2n) is 10.8. The van der Waals surface area contributed by atoms with Crippen LogP contribution in [0.5, 0.6) is 0 Å². The summed E-state index contributed by atoms with van der Waals surface area (Å²) in [6.07, 6.45) is 0. The lowest BCUT2D eigenvalue weighted by molar-refractivity contribution is -0.140. The number of amides is 2. The molecule has 10 heteroatoms. The molecule has 1 N–H and O–H groups in total. The summed E-state index contributed by atoms with van der Waals surface area (Å²) in [7, 11) is -4.14. The van der Waals surface area contributed by atoms with Crippen molar-refractivity contribution in [1.29, 1.82) is 0 Å². The fourth-order valence-corrected chi connectivity index (χ4v) is 5.91. The van der Waals surface area contributed by atoms with Gasteiger partial charge in [0.2, 0.25) is 11.8 Å². The molecule has 7 nitrogen and oxygen atoms in total. The third kappa shape index (κ3) is 7.99. The molecular weight excluding hydrogens is 569 g/mol. The van der Waals surface area contributed by atoms with Gasteiger partial charge in [0.25, 0.3) is 10.0 Å². The van der Waals surface area contributed by atoms with E-state index in [1.54, 1.807) is 55.5 Å². The Kier molecular flexibility index (Phi) is 9.93. The van der Waals surface area contributed by atoms with Crippen molar-refractivity contribution in [2.75, 3.05) is 10.8 Å². The predicted molar refractivity (Wildman–Crippen MR) is 161 cm³/mol. The number of nitrogens with zero attached hydrogens (tertiary/aromatic N) is 2. The number of benzene rings is 3. The Morgan fingerprint density at radius 2 is 1.57 bits per heavy atom. The number of carbonyl (C=O) groups excluding carboxylic acids is 2. The van der Waals surface area contributed by atoms with Gasteiger partial charge in [0.05, 0.1) is 10.6 Å². The Hall–Kier alpha value is -3.07. The highest BCUT2D eigenvalue weighted by Gasteiger charge is 2.33. The van der Waals surface area contributed by atoms with Crippen LogP contribution < -0.4 is 9.62 Å². The van der Waals surface area contributed by atoms with Crippen LogP contribution in [0.25, 0.3) is 0 Å². The first-order chi connectivity index (χ1) is 18.6. The average molecular weight is 605 g/mol. The number of sulfonamides is 1. The molecule has 3 aromatic carbocycles. The zero-order chi connectivity index (χ0) is 29.8. The lowest BCUT2D eigenvalue weighted by Crippen LogP contribution is -2.54. The van der Waals surface area contributed by atoms with Crippen LogP contribution in [0.2, 0.25) is 10.0 Å². The number of nitrogens with one attached hydrogen (secondary N) is 1. The molecule has 3 rings (SSSR count). The van der Waals surface area contributed by atoms with Crippen molar-refractivity contribution < 1.29 is 18.0 Å². The zero-order valence-electron chi connectivity index (χ0n) is 23.5. The van der Waals surface area contributed by atoms with Crippen LogP contribution in [0.4, 0.5) is 5.69 Å². The Balaban J connectivity index is 2.06. The highest BCUT2D eigenvalue weighted by molar-refractivity contribution is 7.92. The van der Waals surface area contributed by atoms with Crippen LogP contribution in [0.15, 0.2) is 71.6 Å². The molecule has 0 aromatic heterocycles. The Morgan fingerprint density at radius 3 is 2.15 bits per heavy atom. The quantitative estimate of drug-likeness (QED) is 0.318. The van der Waals surface area contributed by atoms with Crippen LogP contribution in [0.1, 0.15) is 44.4 Å². The predicted octanol–water partition coefficient (Wildman–Crippen LogP) is 6.14. The topological polar surface area (TPSA) is 86.8 Å². The summed E-state index contributed by atoms with van der Waals surface area (Å²) in [5.41, 5.74) is 2.10. The largest absolute Gasteiger partial charge is 0.350 e. The molecule has 0 heterocycles. The van der Waals surface area contributed by atoms with Crippen LogP contribution >= 0.6 is 23.2 Å². The van der Waals surface area contributed by atoms with Gasteiger partial charge in [-0.15, -0.1) is 0 Å². The van der Waals surface area contributed by atoms with Gasteiger partial charge < -0.3 is 10.2 Å². The summed E-state index contributed by atoms with van der Waals surface area (Å²) in [4.78, 5) is 28.6. The van der Waals surface area contributed by atoms with Crippen molar-refractivity contribution in [3.05, 3.63) is 93.5 Å². The van der Waals surface area contributed by atoms with E-state index in [0.717, 1.165) is 15.4 Å². The Labute approximate surface area is 247 Å². The minimum Gasteiger partial charge on any atom is -0.350 e. The van der Waals surface area contributed by atoms with Crippen molar-refractivity contribution in [1.82, 2.24) is 10.2 Å². The minimum atomic E-state index is -4.14. The average Bonchev–Trinajstić information content (AvgIpc) is 2.85. The Bertz CT molecular complexity index is 1490. The maximum atomic E-state index is 14.0. The van der Waals surface area contributed by atoms with E-state index in [1.165, 1.54) is 17.0 Å². The first-order valence-corrected chi connectivity index (χ1v) is 15.0. The van der Waals surface area contributed by atoms with E-state index >= 15 is 0 Å². The molecular formula is C30H35Cl2N3O4S. The normalized spacial score (nSPS) is 12.5. The summed E-state index contributed by atoms with van der Waals surface area (Å²) in [5, 5.41) is 3.66. The molecule has 0 aliphatic carbocycles. The summed E-state index contributed by atoms with van der Waals surface area (Å²) in [5.74, 6) is -0.950. The molecule has 214 valence electrons. The van der Waals surface area contributed by atoms with Crippen LogP contribution in [0, 0.1) is 13.8 Å². The molecule has 40 heavy (non-hydrogen) atoms. The fraction of sp³-hybridized carbons (Fsp3) is 0.333. The van der Waals surface area contributed by atoms with Gasteiger partial charge in [-0.25, -0.2) is 8.42 Å². The zero-order valence-corrected chi connectivity index (χ0v) is 25.9. The van der Waals surface area contributed by atoms with Gasteiger partial charge in [-0.2, -0.15) is 0 Å². The molecule has 0 saturated heterocycles. The summed E-state index contributed by atoms with van der Waals surface area (Å²) in [6, 6.07) is 17.3. The molecule has 0 unspecified atom stereocenters. The monoisotopic (exact) mass is 603 g/mol. The number of hydrogen-bond acceptors (Lipinski definition) is 4. The molecule has 3 aromatic rings. The van der Waals surface area contributed by atoms with Crippen molar-refractivity contribution in [2.24, 2.45) is 0 Å². The second kappa shape index (κ2) is 12.6. The van der Waals surface area contributed by atoms with Gasteiger partial charge in [0.15, 0.2) is 0 Å². The number of aryl methyl sites for hydroxylation is 2. The lowest BCUT2D eigenvalue weighted by Gasteiger charge is -2.33. The number of hydrogen-bond donors (Lipinski definition) is 1. The minimum absolute atomic E-state index is 0.0280. The molecule has 0 spiro atoms. The molecule has 0 aliphatic heterocycles. The van der Waals surface area contributed by atoms with Crippen molar-refractivity contribution in [2.45, 2.75) is 64.6 Å². The van der Waals surface area contributed by atoms with Gasteiger partial charge in [0, 0.05) is 22.1 Å². The highest BCUT2D eigenvalue weighted by Crippen LogP contribution is 2.27. The number of rotatable bonds is 9. The third-order valence-corrected chi connectivity index (χ3v) is 8.57. The molecule has 1 atom stereocenters.